The smallest absolute Gasteiger partial charge is 0.313 e. The maximum absolute atomic E-state index is 10.8. The molecule has 1 saturated heterocycles. The van der Waals surface area contributed by atoms with E-state index >= 15 is 0 Å². The molecule has 1 heterocycles. The van der Waals surface area contributed by atoms with Crippen molar-refractivity contribution in [2.24, 2.45) is 11.8 Å². The number of cyclic esters (lactones) is 2. The number of esters is 2. The van der Waals surface area contributed by atoms with Gasteiger partial charge in [-0.2, -0.15) is 0 Å². The summed E-state index contributed by atoms with van der Waals surface area (Å²) in [5.41, 5.74) is 0. The van der Waals surface area contributed by atoms with E-state index in [1.807, 2.05) is 0 Å². The number of ether oxygens (including phenoxy) is 1. The standard InChI is InChI=1S/C8H10O3/c9-7-3-6(5-1-2-5)4-8(10)11-7/h5-6H,1-4H2. The number of rotatable bonds is 1. The Hall–Kier alpha value is -0.860. The predicted octanol–water partition coefficient (Wildman–Crippen LogP) is 0.876. The van der Waals surface area contributed by atoms with Gasteiger partial charge in [-0.15, -0.1) is 0 Å². The zero-order valence-electron chi connectivity index (χ0n) is 6.21. The van der Waals surface area contributed by atoms with Crippen molar-refractivity contribution in [1.29, 1.82) is 0 Å². The molecule has 0 spiro atoms. The molecule has 0 unspecified atom stereocenters. The molecule has 0 radical (unpaired) electrons. The highest BCUT2D eigenvalue weighted by atomic mass is 16.6. The Labute approximate surface area is 64.7 Å². The summed E-state index contributed by atoms with van der Waals surface area (Å²) in [4.78, 5) is 21.5. The number of carbonyl (C=O) groups excluding carboxylic acids is 2. The summed E-state index contributed by atoms with van der Waals surface area (Å²) in [6, 6.07) is 0. The van der Waals surface area contributed by atoms with Gasteiger partial charge in [-0.25, -0.2) is 0 Å². The Morgan fingerprint density at radius 1 is 1.00 bits per heavy atom. The highest BCUT2D eigenvalue weighted by Crippen LogP contribution is 2.41. The van der Waals surface area contributed by atoms with E-state index in [0.29, 0.717) is 24.7 Å². The molecule has 0 aromatic carbocycles. The Bertz CT molecular complexity index is 189. The molecule has 2 rings (SSSR count). The van der Waals surface area contributed by atoms with Crippen LogP contribution in [0, 0.1) is 11.8 Å². The highest BCUT2D eigenvalue weighted by Gasteiger charge is 2.38. The third kappa shape index (κ3) is 1.42. The molecule has 1 saturated carbocycles. The fraction of sp³-hybridized carbons (Fsp3) is 0.750. The molecule has 2 aliphatic rings. The van der Waals surface area contributed by atoms with Crippen molar-refractivity contribution >= 4 is 11.9 Å². The van der Waals surface area contributed by atoms with E-state index in [-0.39, 0.29) is 11.9 Å². The van der Waals surface area contributed by atoms with Crippen LogP contribution < -0.4 is 0 Å². The van der Waals surface area contributed by atoms with Crippen LogP contribution in [-0.2, 0) is 14.3 Å². The van der Waals surface area contributed by atoms with Crippen molar-refractivity contribution in [2.75, 3.05) is 0 Å². The lowest BCUT2D eigenvalue weighted by Gasteiger charge is -2.18. The average Bonchev–Trinajstić information content (AvgIpc) is 2.64. The number of hydrogen-bond acceptors (Lipinski definition) is 3. The Kier molecular flexibility index (Phi) is 1.44. The first-order valence-corrected chi connectivity index (χ1v) is 3.99. The molecule has 0 atom stereocenters. The lowest BCUT2D eigenvalue weighted by Crippen LogP contribution is -2.26. The lowest BCUT2D eigenvalue weighted by molar-refractivity contribution is -0.165. The first-order chi connectivity index (χ1) is 5.25. The van der Waals surface area contributed by atoms with E-state index in [0.717, 1.165) is 0 Å². The number of hydrogen-bond donors (Lipinski definition) is 0. The van der Waals surface area contributed by atoms with Crippen molar-refractivity contribution in [2.45, 2.75) is 25.7 Å². The molecule has 0 aromatic rings. The minimum atomic E-state index is -0.335. The summed E-state index contributed by atoms with van der Waals surface area (Å²) in [6.45, 7) is 0. The van der Waals surface area contributed by atoms with Gasteiger partial charge in [-0.3, -0.25) is 9.59 Å². The summed E-state index contributed by atoms with van der Waals surface area (Å²) in [5.74, 6) is 0.256. The maximum Gasteiger partial charge on any atom is 0.313 e. The Morgan fingerprint density at radius 2 is 1.55 bits per heavy atom. The second-order valence-corrected chi connectivity index (χ2v) is 3.35. The molecule has 11 heavy (non-hydrogen) atoms. The van der Waals surface area contributed by atoms with Crippen LogP contribution in [-0.4, -0.2) is 11.9 Å². The van der Waals surface area contributed by atoms with Crippen LogP contribution in [0.25, 0.3) is 0 Å². The normalized spacial score (nSPS) is 26.9. The zero-order valence-corrected chi connectivity index (χ0v) is 6.21. The largest absolute Gasteiger partial charge is 0.393 e. The van der Waals surface area contributed by atoms with E-state index < -0.39 is 0 Å². The van der Waals surface area contributed by atoms with Gasteiger partial charge in [0.2, 0.25) is 0 Å². The van der Waals surface area contributed by atoms with Gasteiger partial charge in [0.15, 0.2) is 0 Å². The molecule has 3 heteroatoms. The van der Waals surface area contributed by atoms with E-state index in [2.05, 4.69) is 4.74 Å². The second kappa shape index (κ2) is 2.32. The molecule has 0 amide bonds. The predicted molar refractivity (Wildman–Crippen MR) is 36.5 cm³/mol. The van der Waals surface area contributed by atoms with Gasteiger partial charge >= 0.3 is 11.9 Å². The topological polar surface area (TPSA) is 43.4 Å². The molecule has 60 valence electrons. The minimum Gasteiger partial charge on any atom is -0.393 e. The van der Waals surface area contributed by atoms with Crippen LogP contribution in [0.2, 0.25) is 0 Å². The van der Waals surface area contributed by atoms with Crippen LogP contribution in [0.1, 0.15) is 25.7 Å². The zero-order chi connectivity index (χ0) is 7.84. The SMILES string of the molecule is O=C1CC(C2CC2)CC(=O)O1. The molecule has 0 aromatic heterocycles. The molecule has 3 nitrogen and oxygen atoms in total. The molecule has 0 bridgehead atoms. The molecular formula is C8H10O3. The van der Waals surface area contributed by atoms with E-state index in [1.54, 1.807) is 0 Å². The van der Waals surface area contributed by atoms with Gasteiger partial charge in [0.05, 0.1) is 0 Å². The Balaban J connectivity index is 1.99. The van der Waals surface area contributed by atoms with Crippen LogP contribution >= 0.6 is 0 Å². The van der Waals surface area contributed by atoms with Gasteiger partial charge in [0, 0.05) is 12.8 Å². The van der Waals surface area contributed by atoms with Crippen molar-refractivity contribution in [3.05, 3.63) is 0 Å². The van der Waals surface area contributed by atoms with Crippen LogP contribution in [0.15, 0.2) is 0 Å². The van der Waals surface area contributed by atoms with Crippen molar-refractivity contribution in [1.82, 2.24) is 0 Å². The maximum atomic E-state index is 10.8. The minimum absolute atomic E-state index is 0.295. The number of carbonyl (C=O) groups is 2. The summed E-state index contributed by atoms with van der Waals surface area (Å²) >= 11 is 0. The lowest BCUT2D eigenvalue weighted by atomic mass is 9.94. The van der Waals surface area contributed by atoms with Crippen LogP contribution in [0.5, 0.6) is 0 Å². The van der Waals surface area contributed by atoms with Gasteiger partial charge < -0.3 is 4.74 Å². The fourth-order valence-corrected chi connectivity index (χ4v) is 1.61. The molecule has 2 fully saturated rings. The highest BCUT2D eigenvalue weighted by molar-refractivity contribution is 5.88. The first-order valence-electron chi connectivity index (χ1n) is 3.99. The third-order valence-electron chi connectivity index (χ3n) is 2.37. The quantitative estimate of drug-likeness (QED) is 0.416. The average molecular weight is 154 g/mol. The van der Waals surface area contributed by atoms with E-state index in [4.69, 9.17) is 0 Å². The summed E-state index contributed by atoms with van der Waals surface area (Å²) in [5, 5.41) is 0. The van der Waals surface area contributed by atoms with Gasteiger partial charge in [-0.05, 0) is 24.7 Å². The van der Waals surface area contributed by atoms with Gasteiger partial charge in [-0.1, -0.05) is 0 Å². The third-order valence-corrected chi connectivity index (χ3v) is 2.37. The van der Waals surface area contributed by atoms with Gasteiger partial charge in [0.25, 0.3) is 0 Å². The summed E-state index contributed by atoms with van der Waals surface area (Å²) in [6.07, 6.45) is 3.28. The van der Waals surface area contributed by atoms with Crippen molar-refractivity contribution in [3.8, 4) is 0 Å². The van der Waals surface area contributed by atoms with Crippen LogP contribution in [0.4, 0.5) is 0 Å². The molecule has 1 aliphatic carbocycles. The molecule has 0 N–H and O–H groups in total. The monoisotopic (exact) mass is 154 g/mol. The summed E-state index contributed by atoms with van der Waals surface area (Å²) < 4.78 is 4.42. The second-order valence-electron chi connectivity index (χ2n) is 3.35. The fourth-order valence-electron chi connectivity index (χ4n) is 1.61. The van der Waals surface area contributed by atoms with E-state index in [9.17, 15) is 9.59 Å². The molecular weight excluding hydrogens is 144 g/mol. The van der Waals surface area contributed by atoms with Gasteiger partial charge in [0.1, 0.15) is 0 Å². The van der Waals surface area contributed by atoms with Crippen molar-refractivity contribution < 1.29 is 14.3 Å². The summed E-state index contributed by atoms with van der Waals surface area (Å²) in [7, 11) is 0. The van der Waals surface area contributed by atoms with E-state index in [1.165, 1.54) is 12.8 Å². The molecule has 1 aliphatic heterocycles. The van der Waals surface area contributed by atoms with Crippen LogP contribution in [0.3, 0.4) is 0 Å². The first kappa shape index (κ1) is 6.83. The van der Waals surface area contributed by atoms with Crippen molar-refractivity contribution in [3.63, 3.8) is 0 Å². The Morgan fingerprint density at radius 3 is 2.00 bits per heavy atom.